The van der Waals surface area contributed by atoms with Crippen LogP contribution in [0.1, 0.15) is 45.7 Å². The second-order valence-electron chi connectivity index (χ2n) is 7.28. The molecular formula is C20H23N3O3. The summed E-state index contributed by atoms with van der Waals surface area (Å²) in [6.45, 7) is 3.32. The Kier molecular flexibility index (Phi) is 4.26. The van der Waals surface area contributed by atoms with Crippen LogP contribution in [0.4, 0.5) is 0 Å². The Morgan fingerprint density at radius 3 is 2.92 bits per heavy atom. The molecule has 2 aliphatic heterocycles. The number of hydrogen-bond acceptors (Lipinski definition) is 4. The third-order valence-corrected chi connectivity index (χ3v) is 5.41. The number of benzene rings is 1. The van der Waals surface area contributed by atoms with Crippen LogP contribution in [0, 0.1) is 12.8 Å². The minimum atomic E-state index is -0.167. The minimum Gasteiger partial charge on any atom is -0.489 e. The van der Waals surface area contributed by atoms with Gasteiger partial charge in [-0.05, 0) is 38.0 Å². The quantitative estimate of drug-likeness (QED) is 0.832. The van der Waals surface area contributed by atoms with Crippen LogP contribution in [0.3, 0.4) is 0 Å². The van der Waals surface area contributed by atoms with E-state index in [1.165, 1.54) is 0 Å². The van der Waals surface area contributed by atoms with Gasteiger partial charge >= 0.3 is 0 Å². The van der Waals surface area contributed by atoms with Crippen molar-refractivity contribution in [2.45, 2.75) is 32.3 Å². The Morgan fingerprint density at radius 2 is 2.15 bits per heavy atom. The third kappa shape index (κ3) is 3.00. The average Bonchev–Trinajstić information content (AvgIpc) is 3.07. The molecule has 0 N–H and O–H groups in total. The van der Waals surface area contributed by atoms with Gasteiger partial charge in [-0.3, -0.25) is 14.3 Å². The van der Waals surface area contributed by atoms with Crippen molar-refractivity contribution in [3.8, 4) is 5.75 Å². The van der Waals surface area contributed by atoms with Crippen molar-refractivity contribution in [3.63, 3.8) is 0 Å². The number of hydrogen-bond donors (Lipinski definition) is 0. The van der Waals surface area contributed by atoms with Gasteiger partial charge in [0.05, 0.1) is 5.56 Å². The van der Waals surface area contributed by atoms with Gasteiger partial charge in [0.1, 0.15) is 17.5 Å². The summed E-state index contributed by atoms with van der Waals surface area (Å²) >= 11 is 0. The molecule has 1 aromatic carbocycles. The number of fused-ring (bicyclic) bond motifs is 1. The number of aromatic nitrogens is 2. The maximum Gasteiger partial charge on any atom is 0.272 e. The average molecular weight is 353 g/mol. The van der Waals surface area contributed by atoms with E-state index >= 15 is 0 Å². The fourth-order valence-corrected chi connectivity index (χ4v) is 3.97. The normalized spacial score (nSPS) is 22.7. The van der Waals surface area contributed by atoms with Crippen molar-refractivity contribution in [1.29, 1.82) is 0 Å². The van der Waals surface area contributed by atoms with Crippen molar-refractivity contribution in [1.82, 2.24) is 14.7 Å². The summed E-state index contributed by atoms with van der Waals surface area (Å²) < 4.78 is 7.77. The molecule has 2 aliphatic rings. The van der Waals surface area contributed by atoms with E-state index in [0.717, 1.165) is 24.9 Å². The molecule has 2 aromatic rings. The van der Waals surface area contributed by atoms with E-state index in [-0.39, 0.29) is 23.7 Å². The predicted molar refractivity (Wildman–Crippen MR) is 96.4 cm³/mol. The number of rotatable bonds is 2. The maximum atomic E-state index is 12.8. The van der Waals surface area contributed by atoms with E-state index in [2.05, 4.69) is 5.10 Å². The number of ketones is 1. The molecule has 6 heteroatoms. The smallest absolute Gasteiger partial charge is 0.272 e. The van der Waals surface area contributed by atoms with Gasteiger partial charge in [0.2, 0.25) is 0 Å². The van der Waals surface area contributed by atoms with Crippen LogP contribution in [0.15, 0.2) is 30.5 Å². The Balaban J connectivity index is 1.50. The van der Waals surface area contributed by atoms with Crippen molar-refractivity contribution < 1.29 is 14.3 Å². The summed E-state index contributed by atoms with van der Waals surface area (Å²) in [5.41, 5.74) is 2.33. The van der Waals surface area contributed by atoms with Gasteiger partial charge < -0.3 is 9.64 Å². The van der Waals surface area contributed by atoms with Crippen LogP contribution in [0.25, 0.3) is 0 Å². The predicted octanol–water partition coefficient (Wildman–Crippen LogP) is 2.61. The second kappa shape index (κ2) is 6.59. The topological polar surface area (TPSA) is 64.4 Å². The summed E-state index contributed by atoms with van der Waals surface area (Å²) in [5, 5.41) is 4.08. The zero-order chi connectivity index (χ0) is 18.3. The number of carbonyl (C=O) groups excluding carboxylic acids is 2. The summed E-state index contributed by atoms with van der Waals surface area (Å²) in [6, 6.07) is 7.49. The van der Waals surface area contributed by atoms with Crippen molar-refractivity contribution >= 4 is 11.7 Å². The molecule has 1 fully saturated rings. The molecule has 0 bridgehead atoms. The Morgan fingerprint density at radius 1 is 1.31 bits per heavy atom. The van der Waals surface area contributed by atoms with Crippen molar-refractivity contribution in [2.24, 2.45) is 13.0 Å². The van der Waals surface area contributed by atoms with Gasteiger partial charge in [0, 0.05) is 38.7 Å². The molecule has 26 heavy (non-hydrogen) atoms. The number of amides is 1. The fourth-order valence-electron chi connectivity index (χ4n) is 3.97. The highest BCUT2D eigenvalue weighted by Gasteiger charge is 2.36. The molecule has 0 radical (unpaired) electrons. The van der Waals surface area contributed by atoms with Gasteiger partial charge in [-0.2, -0.15) is 5.10 Å². The first-order valence-electron chi connectivity index (χ1n) is 9.10. The Bertz CT molecular complexity index is 858. The van der Waals surface area contributed by atoms with E-state index in [4.69, 9.17) is 4.74 Å². The SMILES string of the molecule is Cc1ccc2c(c1)C(=O)CC(C1CCCN(C(=O)c3ccnn3C)C1)O2. The first-order chi connectivity index (χ1) is 12.5. The van der Waals surface area contributed by atoms with Crippen molar-refractivity contribution in [3.05, 3.63) is 47.3 Å². The third-order valence-electron chi connectivity index (χ3n) is 5.41. The molecule has 0 saturated carbocycles. The number of ether oxygens (including phenoxy) is 1. The summed E-state index contributed by atoms with van der Waals surface area (Å²) in [7, 11) is 1.77. The summed E-state index contributed by atoms with van der Waals surface area (Å²) in [4.78, 5) is 27.2. The molecule has 0 spiro atoms. The lowest BCUT2D eigenvalue weighted by Crippen LogP contribution is -2.46. The van der Waals surface area contributed by atoms with E-state index in [1.807, 2.05) is 30.0 Å². The monoisotopic (exact) mass is 353 g/mol. The highest BCUT2D eigenvalue weighted by molar-refractivity contribution is 6.00. The number of likely N-dealkylation sites (tertiary alicyclic amines) is 1. The standard InChI is InChI=1S/C20H23N3O3/c1-13-5-6-18-15(10-13)17(24)11-19(26-18)14-4-3-9-23(12-14)20(25)16-7-8-21-22(16)2/h5-8,10,14,19H,3-4,9,11-12H2,1-2H3. The Hall–Kier alpha value is -2.63. The number of carbonyl (C=O) groups is 2. The molecule has 3 heterocycles. The molecule has 4 rings (SSSR count). The zero-order valence-electron chi connectivity index (χ0n) is 15.1. The van der Waals surface area contributed by atoms with Crippen LogP contribution in [-0.2, 0) is 7.05 Å². The highest BCUT2D eigenvalue weighted by atomic mass is 16.5. The van der Waals surface area contributed by atoms with Crippen molar-refractivity contribution in [2.75, 3.05) is 13.1 Å². The lowest BCUT2D eigenvalue weighted by Gasteiger charge is -2.38. The largest absolute Gasteiger partial charge is 0.489 e. The second-order valence-corrected chi connectivity index (χ2v) is 7.28. The molecule has 0 aliphatic carbocycles. The number of nitrogens with zero attached hydrogens (tertiary/aromatic N) is 3. The minimum absolute atomic E-state index is 0.00661. The van der Waals surface area contributed by atoms with E-state index < -0.39 is 0 Å². The Labute approximate surface area is 152 Å². The molecule has 1 amide bonds. The highest BCUT2D eigenvalue weighted by Crippen LogP contribution is 2.34. The number of aryl methyl sites for hydroxylation is 2. The van der Waals surface area contributed by atoms with E-state index in [1.54, 1.807) is 24.0 Å². The van der Waals surface area contributed by atoms with Crippen LogP contribution < -0.4 is 4.74 Å². The summed E-state index contributed by atoms with van der Waals surface area (Å²) in [6.07, 6.45) is 3.74. The van der Waals surface area contributed by atoms with Gasteiger partial charge in [0.25, 0.3) is 5.91 Å². The lowest BCUT2D eigenvalue weighted by molar-refractivity contribution is 0.0403. The molecule has 1 saturated heterocycles. The number of piperidine rings is 1. The molecule has 2 unspecified atom stereocenters. The van der Waals surface area contributed by atoms with Crippen LogP contribution >= 0.6 is 0 Å². The van der Waals surface area contributed by atoms with Crippen LogP contribution in [-0.4, -0.2) is 45.6 Å². The molecule has 1 aromatic heterocycles. The molecule has 136 valence electrons. The van der Waals surface area contributed by atoms with Gasteiger partial charge in [-0.15, -0.1) is 0 Å². The summed E-state index contributed by atoms with van der Waals surface area (Å²) in [5.74, 6) is 0.967. The molecule has 2 atom stereocenters. The maximum absolute atomic E-state index is 12.8. The first-order valence-corrected chi connectivity index (χ1v) is 9.10. The van der Waals surface area contributed by atoms with Gasteiger partial charge in [-0.25, -0.2) is 0 Å². The van der Waals surface area contributed by atoms with E-state index in [9.17, 15) is 9.59 Å². The zero-order valence-corrected chi connectivity index (χ0v) is 15.1. The first kappa shape index (κ1) is 16.8. The van der Waals surface area contributed by atoms with E-state index in [0.29, 0.717) is 30.0 Å². The van der Waals surface area contributed by atoms with Gasteiger partial charge in [0.15, 0.2) is 5.78 Å². The van der Waals surface area contributed by atoms with Crippen LogP contribution in [0.2, 0.25) is 0 Å². The lowest BCUT2D eigenvalue weighted by atomic mass is 9.86. The number of Topliss-reactive ketones (excluding diaryl/α,β-unsaturated/α-hetero) is 1. The van der Waals surface area contributed by atoms with Crippen LogP contribution in [0.5, 0.6) is 5.75 Å². The fraction of sp³-hybridized carbons (Fsp3) is 0.450. The molecule has 6 nitrogen and oxygen atoms in total. The molecular weight excluding hydrogens is 330 g/mol. The van der Waals surface area contributed by atoms with Gasteiger partial charge in [-0.1, -0.05) is 11.6 Å².